The maximum Gasteiger partial charge on any atom is 0.254 e. The van der Waals surface area contributed by atoms with Crippen LogP contribution in [0.1, 0.15) is 11.3 Å². The molecule has 1 aromatic heterocycles. The molecule has 0 radical (unpaired) electrons. The summed E-state index contributed by atoms with van der Waals surface area (Å²) in [6.45, 7) is 3.54. The molecule has 0 fully saturated rings. The van der Waals surface area contributed by atoms with Crippen molar-refractivity contribution in [2.24, 2.45) is 0 Å². The van der Waals surface area contributed by atoms with Gasteiger partial charge >= 0.3 is 0 Å². The van der Waals surface area contributed by atoms with E-state index in [1.54, 1.807) is 39.2 Å². The molecule has 0 unspecified atom stereocenters. The van der Waals surface area contributed by atoms with Crippen molar-refractivity contribution in [3.8, 4) is 17.1 Å². The van der Waals surface area contributed by atoms with Crippen molar-refractivity contribution in [2.75, 3.05) is 7.11 Å². The molecule has 1 heterocycles. The number of nitrogens with one attached hydrogen (secondary N) is 1. The molecule has 0 aliphatic rings. The molecule has 2 rings (SSSR count). The van der Waals surface area contributed by atoms with Gasteiger partial charge in [0.15, 0.2) is 0 Å². The van der Waals surface area contributed by atoms with Gasteiger partial charge in [-0.3, -0.25) is 4.79 Å². The molecule has 2 aromatic rings. The molecule has 0 saturated heterocycles. The molecule has 18 heavy (non-hydrogen) atoms. The molecule has 0 atom stereocenters. The molecular weight excluding hydrogens is 252 g/mol. The number of H-pyrrole nitrogens is 1. The molecule has 0 amide bonds. The van der Waals surface area contributed by atoms with Crippen molar-refractivity contribution in [3.63, 3.8) is 0 Å². The predicted octanol–water partition coefficient (Wildman–Crippen LogP) is 2.72. The number of aryl methyl sites for hydroxylation is 1. The molecule has 0 saturated carbocycles. The zero-order chi connectivity index (χ0) is 13.3. The number of aromatic nitrogens is 2. The van der Waals surface area contributed by atoms with Gasteiger partial charge in [0.25, 0.3) is 5.56 Å². The van der Waals surface area contributed by atoms with Crippen LogP contribution in [0.5, 0.6) is 5.75 Å². The third-order valence-electron chi connectivity index (χ3n) is 2.81. The minimum atomic E-state index is -0.144. The highest BCUT2D eigenvalue weighted by molar-refractivity contribution is 6.30. The highest BCUT2D eigenvalue weighted by Crippen LogP contribution is 2.29. The second-order valence-corrected chi connectivity index (χ2v) is 4.41. The molecular formula is C13H13ClN2O2. The summed E-state index contributed by atoms with van der Waals surface area (Å²) in [6, 6.07) is 5.19. The van der Waals surface area contributed by atoms with Gasteiger partial charge in [0.2, 0.25) is 0 Å². The first kappa shape index (κ1) is 12.6. The first-order chi connectivity index (χ1) is 8.52. The molecule has 1 N–H and O–H groups in total. The van der Waals surface area contributed by atoms with Gasteiger partial charge in [-0.25, -0.2) is 4.98 Å². The van der Waals surface area contributed by atoms with Gasteiger partial charge in [0, 0.05) is 16.3 Å². The van der Waals surface area contributed by atoms with Crippen molar-refractivity contribution >= 4 is 11.6 Å². The molecule has 1 aromatic carbocycles. The van der Waals surface area contributed by atoms with Crippen LogP contribution in [-0.4, -0.2) is 17.1 Å². The topological polar surface area (TPSA) is 55.0 Å². The fourth-order valence-corrected chi connectivity index (χ4v) is 1.80. The number of ether oxygens (including phenoxy) is 1. The van der Waals surface area contributed by atoms with Crippen molar-refractivity contribution < 1.29 is 4.74 Å². The Morgan fingerprint density at radius 3 is 2.67 bits per heavy atom. The average Bonchev–Trinajstić information content (AvgIpc) is 2.35. The van der Waals surface area contributed by atoms with Crippen LogP contribution in [0.3, 0.4) is 0 Å². The molecule has 0 aliphatic heterocycles. The van der Waals surface area contributed by atoms with Gasteiger partial charge in [-0.2, -0.15) is 0 Å². The molecule has 5 heteroatoms. The van der Waals surface area contributed by atoms with E-state index in [1.165, 1.54) is 0 Å². The second kappa shape index (κ2) is 4.82. The number of aromatic amines is 1. The van der Waals surface area contributed by atoms with E-state index in [9.17, 15) is 4.79 Å². The van der Waals surface area contributed by atoms with E-state index in [1.807, 2.05) is 0 Å². The van der Waals surface area contributed by atoms with Crippen LogP contribution in [0.15, 0.2) is 23.0 Å². The van der Waals surface area contributed by atoms with Gasteiger partial charge in [0.05, 0.1) is 12.7 Å². The van der Waals surface area contributed by atoms with Gasteiger partial charge in [-0.05, 0) is 32.0 Å². The fraction of sp³-hybridized carbons (Fsp3) is 0.231. The monoisotopic (exact) mass is 264 g/mol. The minimum absolute atomic E-state index is 0.144. The van der Waals surface area contributed by atoms with Gasteiger partial charge in [-0.1, -0.05) is 11.6 Å². The zero-order valence-electron chi connectivity index (χ0n) is 10.4. The summed E-state index contributed by atoms with van der Waals surface area (Å²) in [4.78, 5) is 18.8. The predicted molar refractivity (Wildman–Crippen MR) is 71.3 cm³/mol. The van der Waals surface area contributed by atoms with Crippen LogP contribution in [0, 0.1) is 13.8 Å². The first-order valence-corrected chi connectivity index (χ1v) is 5.82. The highest BCUT2D eigenvalue weighted by Gasteiger charge is 2.11. The summed E-state index contributed by atoms with van der Waals surface area (Å²) in [6.07, 6.45) is 0. The average molecular weight is 265 g/mol. The van der Waals surface area contributed by atoms with E-state index in [2.05, 4.69) is 9.97 Å². The maximum atomic E-state index is 11.7. The summed E-state index contributed by atoms with van der Waals surface area (Å²) < 4.78 is 5.24. The Hall–Kier alpha value is -1.81. The lowest BCUT2D eigenvalue weighted by Crippen LogP contribution is -2.14. The number of methoxy groups -OCH3 is 1. The second-order valence-electron chi connectivity index (χ2n) is 3.97. The summed E-state index contributed by atoms with van der Waals surface area (Å²) in [5.41, 5.74) is 1.88. The molecule has 4 nitrogen and oxygen atoms in total. The van der Waals surface area contributed by atoms with Crippen molar-refractivity contribution in [1.82, 2.24) is 9.97 Å². The largest absolute Gasteiger partial charge is 0.496 e. The Balaban J connectivity index is 2.66. The van der Waals surface area contributed by atoms with Crippen LogP contribution in [0.2, 0.25) is 5.02 Å². The highest BCUT2D eigenvalue weighted by atomic mass is 35.5. The van der Waals surface area contributed by atoms with Crippen LogP contribution < -0.4 is 10.3 Å². The molecule has 0 spiro atoms. The first-order valence-electron chi connectivity index (χ1n) is 5.44. The standard InChI is InChI=1S/C13H13ClN2O2/c1-7-8(2)15-12(16-13(7)17)10-5-4-9(14)6-11(10)18-3/h4-6H,1-3H3,(H,15,16,17). The van der Waals surface area contributed by atoms with Crippen LogP contribution >= 0.6 is 11.6 Å². The van der Waals surface area contributed by atoms with E-state index in [4.69, 9.17) is 16.3 Å². The van der Waals surface area contributed by atoms with Crippen molar-refractivity contribution in [1.29, 1.82) is 0 Å². The van der Waals surface area contributed by atoms with Crippen molar-refractivity contribution in [2.45, 2.75) is 13.8 Å². The number of rotatable bonds is 2. The van der Waals surface area contributed by atoms with Crippen LogP contribution in [-0.2, 0) is 0 Å². The van der Waals surface area contributed by atoms with E-state index in [-0.39, 0.29) is 5.56 Å². The third kappa shape index (κ3) is 2.24. The fourth-order valence-electron chi connectivity index (χ4n) is 1.63. The van der Waals surface area contributed by atoms with Gasteiger partial charge in [-0.15, -0.1) is 0 Å². The van der Waals surface area contributed by atoms with E-state index >= 15 is 0 Å². The van der Waals surface area contributed by atoms with Crippen LogP contribution in [0.25, 0.3) is 11.4 Å². The van der Waals surface area contributed by atoms with Crippen molar-refractivity contribution in [3.05, 3.63) is 44.8 Å². The summed E-state index contributed by atoms with van der Waals surface area (Å²) >= 11 is 5.90. The van der Waals surface area contributed by atoms with E-state index < -0.39 is 0 Å². The molecule has 0 aliphatic carbocycles. The summed E-state index contributed by atoms with van der Waals surface area (Å²) in [5, 5.41) is 0.571. The number of nitrogens with zero attached hydrogens (tertiary/aromatic N) is 1. The number of halogens is 1. The lowest BCUT2D eigenvalue weighted by molar-refractivity contribution is 0.416. The minimum Gasteiger partial charge on any atom is -0.496 e. The molecule has 94 valence electrons. The summed E-state index contributed by atoms with van der Waals surface area (Å²) in [5.74, 6) is 1.06. The normalized spacial score (nSPS) is 10.4. The maximum absolute atomic E-state index is 11.7. The quantitative estimate of drug-likeness (QED) is 0.907. The Bertz CT molecular complexity index is 650. The number of hydrogen-bond donors (Lipinski definition) is 1. The summed E-state index contributed by atoms with van der Waals surface area (Å²) in [7, 11) is 1.55. The lowest BCUT2D eigenvalue weighted by atomic mass is 10.1. The van der Waals surface area contributed by atoms with E-state index in [0.717, 1.165) is 0 Å². The van der Waals surface area contributed by atoms with Gasteiger partial charge < -0.3 is 9.72 Å². The molecule has 0 bridgehead atoms. The van der Waals surface area contributed by atoms with E-state index in [0.29, 0.717) is 33.4 Å². The number of hydrogen-bond acceptors (Lipinski definition) is 3. The van der Waals surface area contributed by atoms with Crippen LogP contribution in [0.4, 0.5) is 0 Å². The Kier molecular flexibility index (Phi) is 3.39. The Labute approximate surface area is 110 Å². The number of benzene rings is 1. The Morgan fingerprint density at radius 1 is 1.33 bits per heavy atom. The van der Waals surface area contributed by atoms with Gasteiger partial charge in [0.1, 0.15) is 11.6 Å². The lowest BCUT2D eigenvalue weighted by Gasteiger charge is -2.09. The Morgan fingerprint density at radius 2 is 2.06 bits per heavy atom. The third-order valence-corrected chi connectivity index (χ3v) is 3.05. The smallest absolute Gasteiger partial charge is 0.254 e. The zero-order valence-corrected chi connectivity index (χ0v) is 11.1. The SMILES string of the molecule is COc1cc(Cl)ccc1-c1nc(C)c(C)c(=O)[nH]1.